The summed E-state index contributed by atoms with van der Waals surface area (Å²) in [4.78, 5) is 1.36. The fourth-order valence-electron chi connectivity index (χ4n) is 6.54. The Morgan fingerprint density at radius 1 is 0.306 bits per heavy atom. The van der Waals surface area contributed by atoms with Gasteiger partial charge >= 0.3 is 0 Å². The van der Waals surface area contributed by atoms with Crippen LogP contribution in [0.25, 0.3) is 65.7 Å². The molecule has 0 fully saturated rings. The Hall–Kier alpha value is -6.44. The second kappa shape index (κ2) is 12.3. The Labute approximate surface area is 298 Å². The number of hydrogen-bond donors (Lipinski definition) is 0. The summed E-state index contributed by atoms with van der Waals surface area (Å²) >= 11 is 0. The monoisotopic (exact) mass is 631 g/mol. The molecule has 1 heteroatoms. The first-order chi connectivity index (χ1) is 27.6. The second-order valence-corrected chi connectivity index (χ2v) is 12.0. The van der Waals surface area contributed by atoms with Crippen molar-refractivity contribution in [2.24, 2.45) is 0 Å². The fraction of sp³-hybridized carbons (Fsp3) is 0. The van der Waals surface area contributed by atoms with Crippen LogP contribution in [0.1, 0.15) is 11.0 Å². The maximum atomic E-state index is 9.61. The van der Waals surface area contributed by atoms with E-state index in [1.54, 1.807) is 36.4 Å². The summed E-state index contributed by atoms with van der Waals surface area (Å²) < 4.78 is 75.4. The predicted octanol–water partition coefficient (Wildman–Crippen LogP) is 13.6. The molecule has 0 saturated carbocycles. The highest BCUT2D eigenvalue weighted by molar-refractivity contribution is 6.13. The Balaban J connectivity index is 1.32. The summed E-state index contributed by atoms with van der Waals surface area (Å²) in [5.74, 6) is 0. The van der Waals surface area contributed by atoms with Crippen LogP contribution in [0, 0.1) is 0 Å². The van der Waals surface area contributed by atoms with Gasteiger partial charge in [-0.25, -0.2) is 0 Å². The normalized spacial score (nSPS) is 13.6. The number of rotatable bonds is 6. The molecule has 0 bridgehead atoms. The Morgan fingerprint density at radius 3 is 1.63 bits per heavy atom. The number of hydrogen-bond acceptors (Lipinski definition) is 1. The van der Waals surface area contributed by atoms with E-state index in [1.807, 2.05) is 109 Å². The van der Waals surface area contributed by atoms with E-state index in [-0.39, 0.29) is 70.8 Å². The van der Waals surface area contributed by atoms with E-state index < -0.39 is 0 Å². The summed E-state index contributed by atoms with van der Waals surface area (Å²) in [6.07, 6.45) is 0. The van der Waals surface area contributed by atoms with Crippen LogP contribution in [-0.4, -0.2) is 0 Å². The van der Waals surface area contributed by atoms with Crippen molar-refractivity contribution in [1.82, 2.24) is 0 Å². The first-order valence-corrected chi connectivity index (χ1v) is 16.2. The van der Waals surface area contributed by atoms with Gasteiger partial charge in [0.1, 0.15) is 0 Å². The molecule has 0 heterocycles. The summed E-state index contributed by atoms with van der Waals surface area (Å²) in [6.45, 7) is 0. The first-order valence-electron chi connectivity index (χ1n) is 20.2. The Bertz CT molecular complexity index is 3010. The molecule has 0 radical (unpaired) electrons. The molecule has 0 spiro atoms. The minimum absolute atomic E-state index is 0.122. The van der Waals surface area contributed by atoms with Crippen molar-refractivity contribution in [3.8, 4) is 33.4 Å². The molecule has 0 unspecified atom stereocenters. The van der Waals surface area contributed by atoms with Gasteiger partial charge in [0.05, 0.1) is 11.0 Å². The SMILES string of the molecule is [2H]c1c([2H])c(N(c2cccc(-c3ccc4ccccc4c3)c2)c2c([2H])c([2H])c(-c3cc4ccccc4c4ccccc34)c([2H])c2[2H])c([2H])c([2H])c1-c1ccccc1. The molecule has 0 amide bonds. The van der Waals surface area contributed by atoms with Gasteiger partial charge in [-0.05, 0) is 114 Å². The number of anilines is 3. The maximum Gasteiger partial charge on any atom is 0.0645 e. The van der Waals surface area contributed by atoms with Crippen LogP contribution in [0.15, 0.2) is 200 Å². The van der Waals surface area contributed by atoms with Gasteiger partial charge in [-0.1, -0.05) is 152 Å². The third-order valence-electron chi connectivity index (χ3n) is 8.96. The van der Waals surface area contributed by atoms with E-state index in [9.17, 15) is 11.0 Å². The minimum Gasteiger partial charge on any atom is -0.310 e. The van der Waals surface area contributed by atoms with Crippen LogP contribution < -0.4 is 4.90 Å². The lowest BCUT2D eigenvalue weighted by Gasteiger charge is -2.26. The zero-order valence-corrected chi connectivity index (χ0v) is 26.4. The maximum absolute atomic E-state index is 9.61. The van der Waals surface area contributed by atoms with Crippen molar-refractivity contribution in [3.63, 3.8) is 0 Å². The molecule has 49 heavy (non-hydrogen) atoms. The average molecular weight is 632 g/mol. The van der Waals surface area contributed by atoms with Gasteiger partial charge in [-0.2, -0.15) is 0 Å². The predicted molar refractivity (Wildman–Crippen MR) is 210 cm³/mol. The van der Waals surface area contributed by atoms with Crippen LogP contribution in [0.2, 0.25) is 0 Å². The zero-order valence-electron chi connectivity index (χ0n) is 34.4. The standard InChI is InChI=1S/C48H33N/c1-2-11-34(12-3-1)36-23-27-42(28-24-36)49(44-17-10-16-39(32-44)40-22-21-35-13-4-5-14-38(35)31-40)43-29-25-37(26-30-43)48-33-41-15-6-7-18-45(41)46-19-8-9-20-47(46)48/h1-33H/i23D,24D,25D,26D,27D,28D,29D,30D. The third kappa shape index (κ3) is 5.42. The largest absolute Gasteiger partial charge is 0.310 e. The van der Waals surface area contributed by atoms with E-state index in [0.717, 1.165) is 43.4 Å². The number of fused-ring (bicyclic) bond motifs is 4. The molecular formula is C48H33N. The van der Waals surface area contributed by atoms with Gasteiger partial charge in [-0.3, -0.25) is 0 Å². The van der Waals surface area contributed by atoms with Crippen molar-refractivity contribution >= 4 is 49.4 Å². The zero-order chi connectivity index (χ0) is 39.5. The van der Waals surface area contributed by atoms with Crippen LogP contribution in [0.5, 0.6) is 0 Å². The van der Waals surface area contributed by atoms with E-state index in [0.29, 0.717) is 16.8 Å². The molecule has 9 aromatic rings. The van der Waals surface area contributed by atoms with Crippen LogP contribution in [-0.2, 0) is 0 Å². The topological polar surface area (TPSA) is 3.24 Å². The van der Waals surface area contributed by atoms with Crippen LogP contribution in [0.3, 0.4) is 0 Å². The molecule has 1 nitrogen and oxygen atoms in total. The van der Waals surface area contributed by atoms with Gasteiger partial charge in [0.15, 0.2) is 0 Å². The second-order valence-electron chi connectivity index (χ2n) is 12.0. The number of benzene rings is 9. The Morgan fingerprint density at radius 2 is 0.878 bits per heavy atom. The van der Waals surface area contributed by atoms with E-state index in [1.165, 1.54) is 4.90 Å². The van der Waals surface area contributed by atoms with Crippen LogP contribution in [0.4, 0.5) is 17.1 Å². The molecule has 0 atom stereocenters. The minimum atomic E-state index is -0.386. The molecular weight excluding hydrogens is 591 g/mol. The van der Waals surface area contributed by atoms with Crippen molar-refractivity contribution < 1.29 is 11.0 Å². The highest BCUT2D eigenvalue weighted by Crippen LogP contribution is 2.40. The lowest BCUT2D eigenvalue weighted by Crippen LogP contribution is -2.10. The van der Waals surface area contributed by atoms with Crippen molar-refractivity contribution in [2.45, 2.75) is 0 Å². The van der Waals surface area contributed by atoms with E-state index in [4.69, 9.17) is 0 Å². The molecule has 0 aromatic heterocycles. The van der Waals surface area contributed by atoms with Crippen molar-refractivity contribution in [3.05, 3.63) is 200 Å². The van der Waals surface area contributed by atoms with Crippen molar-refractivity contribution in [1.29, 1.82) is 0 Å². The van der Waals surface area contributed by atoms with Crippen molar-refractivity contribution in [2.75, 3.05) is 4.90 Å². The van der Waals surface area contributed by atoms with Gasteiger partial charge in [0.2, 0.25) is 0 Å². The lowest BCUT2D eigenvalue weighted by molar-refractivity contribution is 1.28. The smallest absolute Gasteiger partial charge is 0.0645 e. The van der Waals surface area contributed by atoms with Crippen LogP contribution >= 0.6 is 0 Å². The van der Waals surface area contributed by atoms with Gasteiger partial charge in [0.25, 0.3) is 0 Å². The molecule has 230 valence electrons. The molecule has 0 aliphatic heterocycles. The molecule has 0 aliphatic carbocycles. The van der Waals surface area contributed by atoms with Gasteiger partial charge in [0, 0.05) is 17.1 Å². The third-order valence-corrected chi connectivity index (χ3v) is 8.96. The van der Waals surface area contributed by atoms with Gasteiger partial charge < -0.3 is 4.90 Å². The summed E-state index contributed by atoms with van der Waals surface area (Å²) in [5, 5.41) is 5.69. The Kier molecular flexibility index (Phi) is 5.38. The molecule has 0 aliphatic rings. The average Bonchev–Trinajstić information content (AvgIpc) is 3.25. The molecule has 0 N–H and O–H groups in total. The summed E-state index contributed by atoms with van der Waals surface area (Å²) in [6, 6.07) is 44.9. The fourth-order valence-corrected chi connectivity index (χ4v) is 6.54. The van der Waals surface area contributed by atoms with Gasteiger partial charge in [-0.15, -0.1) is 0 Å². The molecule has 0 saturated heterocycles. The van der Waals surface area contributed by atoms with E-state index in [2.05, 4.69) is 6.07 Å². The highest BCUT2D eigenvalue weighted by Gasteiger charge is 2.15. The molecule has 9 aromatic carbocycles. The van der Waals surface area contributed by atoms with E-state index >= 15 is 0 Å². The quantitative estimate of drug-likeness (QED) is 0.165. The lowest BCUT2D eigenvalue weighted by atomic mass is 9.93. The summed E-state index contributed by atoms with van der Waals surface area (Å²) in [5.41, 5.74) is 2.93. The highest BCUT2D eigenvalue weighted by atomic mass is 15.1. The number of nitrogens with zero attached hydrogens (tertiary/aromatic N) is 1. The molecule has 9 rings (SSSR count). The summed E-state index contributed by atoms with van der Waals surface area (Å²) in [7, 11) is 0. The first kappa shape index (κ1) is 21.4.